The van der Waals surface area contributed by atoms with Crippen molar-refractivity contribution in [2.45, 2.75) is 31.0 Å². The molecule has 3 aromatic carbocycles. The summed E-state index contributed by atoms with van der Waals surface area (Å²) in [7, 11) is -3.66. The molecule has 1 amide bonds. The second-order valence-corrected chi connectivity index (χ2v) is 11.6. The number of carbonyl (C=O) groups is 1. The molecule has 1 aliphatic rings. The Hall–Kier alpha value is -3.11. The SMILES string of the molecule is C[C@H]1CN(S(=O)(=O)c2ccc(C(=O)Nc3cccc(-c4nc5ccccc5s4)c3)cc2)C[C@H](C)O1. The summed E-state index contributed by atoms with van der Waals surface area (Å²) in [4.78, 5) is 17.7. The summed E-state index contributed by atoms with van der Waals surface area (Å²) >= 11 is 1.60. The van der Waals surface area contributed by atoms with E-state index in [4.69, 9.17) is 4.74 Å². The minimum absolute atomic E-state index is 0.160. The third kappa shape index (κ3) is 4.99. The number of nitrogens with one attached hydrogen (secondary N) is 1. The predicted molar refractivity (Wildman–Crippen MR) is 138 cm³/mol. The third-order valence-electron chi connectivity index (χ3n) is 5.80. The van der Waals surface area contributed by atoms with Crippen LogP contribution in [-0.4, -0.2) is 48.9 Å². The summed E-state index contributed by atoms with van der Waals surface area (Å²) in [6.45, 7) is 4.33. The van der Waals surface area contributed by atoms with E-state index in [2.05, 4.69) is 10.3 Å². The van der Waals surface area contributed by atoms with Crippen LogP contribution < -0.4 is 5.32 Å². The van der Waals surface area contributed by atoms with Crippen LogP contribution in [0, 0.1) is 0 Å². The van der Waals surface area contributed by atoms with Gasteiger partial charge < -0.3 is 10.1 Å². The van der Waals surface area contributed by atoms with Gasteiger partial charge in [0.25, 0.3) is 5.91 Å². The van der Waals surface area contributed by atoms with Gasteiger partial charge in [-0.15, -0.1) is 11.3 Å². The molecule has 1 aliphatic heterocycles. The number of hydrogen-bond acceptors (Lipinski definition) is 6. The van der Waals surface area contributed by atoms with Gasteiger partial charge in [-0.1, -0.05) is 24.3 Å². The number of carbonyl (C=O) groups excluding carboxylic acids is 1. The number of ether oxygens (including phenoxy) is 1. The van der Waals surface area contributed by atoms with Crippen LogP contribution in [-0.2, 0) is 14.8 Å². The van der Waals surface area contributed by atoms with E-state index in [0.29, 0.717) is 24.3 Å². The fourth-order valence-electron chi connectivity index (χ4n) is 4.18. The van der Waals surface area contributed by atoms with Gasteiger partial charge in [0.05, 0.1) is 27.3 Å². The Morgan fingerprint density at radius 3 is 2.43 bits per heavy atom. The number of rotatable bonds is 5. The van der Waals surface area contributed by atoms with Crippen LogP contribution in [0.1, 0.15) is 24.2 Å². The zero-order valence-electron chi connectivity index (χ0n) is 19.3. The zero-order valence-corrected chi connectivity index (χ0v) is 21.0. The summed E-state index contributed by atoms with van der Waals surface area (Å²) in [5.74, 6) is -0.316. The normalized spacial score (nSPS) is 19.0. The molecular formula is C26H25N3O4S2. The molecular weight excluding hydrogens is 482 g/mol. The molecule has 4 aromatic rings. The average Bonchev–Trinajstić information content (AvgIpc) is 3.28. The lowest BCUT2D eigenvalue weighted by Gasteiger charge is -2.34. The fourth-order valence-corrected chi connectivity index (χ4v) is 6.74. The van der Waals surface area contributed by atoms with Gasteiger partial charge in [0.15, 0.2) is 0 Å². The van der Waals surface area contributed by atoms with Crippen molar-refractivity contribution in [3.05, 3.63) is 78.4 Å². The van der Waals surface area contributed by atoms with Crippen LogP contribution >= 0.6 is 11.3 Å². The largest absolute Gasteiger partial charge is 0.373 e. The van der Waals surface area contributed by atoms with Crippen molar-refractivity contribution in [1.29, 1.82) is 0 Å². The zero-order chi connectivity index (χ0) is 24.6. The summed E-state index contributed by atoms with van der Waals surface area (Å²) in [6.07, 6.45) is -0.339. The minimum atomic E-state index is -3.66. The Morgan fingerprint density at radius 2 is 1.71 bits per heavy atom. The number of morpholine rings is 1. The first-order chi connectivity index (χ1) is 16.8. The number of fused-ring (bicyclic) bond motifs is 1. The van der Waals surface area contributed by atoms with Crippen molar-refractivity contribution in [1.82, 2.24) is 9.29 Å². The Bertz CT molecular complexity index is 1440. The van der Waals surface area contributed by atoms with Crippen molar-refractivity contribution in [3.63, 3.8) is 0 Å². The first kappa shape index (κ1) is 23.6. The summed E-state index contributed by atoms with van der Waals surface area (Å²) < 4.78 is 34.3. The van der Waals surface area contributed by atoms with Crippen molar-refractivity contribution >= 4 is 43.2 Å². The Labute approximate surface area is 208 Å². The molecule has 35 heavy (non-hydrogen) atoms. The third-order valence-corrected chi connectivity index (χ3v) is 8.73. The van der Waals surface area contributed by atoms with Crippen LogP contribution in [0.25, 0.3) is 20.8 Å². The molecule has 0 saturated carbocycles. The van der Waals surface area contributed by atoms with E-state index in [0.717, 1.165) is 20.8 Å². The maximum atomic E-state index is 13.1. The molecule has 1 N–H and O–H groups in total. The molecule has 1 saturated heterocycles. The van der Waals surface area contributed by atoms with Gasteiger partial charge in [0.2, 0.25) is 10.0 Å². The lowest BCUT2D eigenvalue weighted by molar-refractivity contribution is -0.0440. The number of thiazole rings is 1. The predicted octanol–water partition coefficient (Wildman–Crippen LogP) is 5.01. The highest BCUT2D eigenvalue weighted by molar-refractivity contribution is 7.89. The molecule has 0 aliphatic carbocycles. The standard InChI is InChI=1S/C26H25N3O4S2/c1-17-15-29(16-18(2)33-17)35(31,32)22-12-10-19(11-13-22)25(30)27-21-7-5-6-20(14-21)26-28-23-8-3-4-9-24(23)34-26/h3-14,17-18H,15-16H2,1-2H3,(H,27,30)/t17-,18-/m0/s1. The molecule has 180 valence electrons. The number of hydrogen-bond donors (Lipinski definition) is 1. The van der Waals surface area contributed by atoms with Crippen molar-refractivity contribution in [2.24, 2.45) is 0 Å². The number of amides is 1. The minimum Gasteiger partial charge on any atom is -0.373 e. The Morgan fingerprint density at radius 1 is 1.00 bits per heavy atom. The molecule has 1 fully saturated rings. The smallest absolute Gasteiger partial charge is 0.255 e. The second-order valence-electron chi connectivity index (χ2n) is 8.63. The van der Waals surface area contributed by atoms with Crippen LogP contribution in [0.15, 0.2) is 77.7 Å². The van der Waals surface area contributed by atoms with Gasteiger partial charge in [0, 0.05) is 29.9 Å². The fraction of sp³-hybridized carbons (Fsp3) is 0.231. The molecule has 0 radical (unpaired) electrons. The topological polar surface area (TPSA) is 88.6 Å². The van der Waals surface area contributed by atoms with Gasteiger partial charge in [0.1, 0.15) is 5.01 Å². The van der Waals surface area contributed by atoms with Gasteiger partial charge in [-0.05, 0) is 62.4 Å². The van der Waals surface area contributed by atoms with Gasteiger partial charge in [-0.2, -0.15) is 4.31 Å². The average molecular weight is 508 g/mol. The molecule has 0 unspecified atom stereocenters. The van der Waals surface area contributed by atoms with E-state index in [9.17, 15) is 13.2 Å². The molecule has 7 nitrogen and oxygen atoms in total. The highest BCUT2D eigenvalue weighted by Gasteiger charge is 2.32. The highest BCUT2D eigenvalue weighted by Crippen LogP contribution is 2.31. The first-order valence-electron chi connectivity index (χ1n) is 11.3. The van der Waals surface area contributed by atoms with E-state index >= 15 is 0 Å². The van der Waals surface area contributed by atoms with E-state index in [1.165, 1.54) is 28.6 Å². The molecule has 2 atom stereocenters. The van der Waals surface area contributed by atoms with Crippen LogP contribution in [0.4, 0.5) is 5.69 Å². The van der Waals surface area contributed by atoms with Gasteiger partial charge in [-0.25, -0.2) is 13.4 Å². The number of benzene rings is 3. The van der Waals surface area contributed by atoms with E-state index < -0.39 is 10.0 Å². The lowest BCUT2D eigenvalue weighted by atomic mass is 10.2. The van der Waals surface area contributed by atoms with Crippen LogP contribution in [0.5, 0.6) is 0 Å². The van der Waals surface area contributed by atoms with E-state index in [1.807, 2.05) is 62.4 Å². The van der Waals surface area contributed by atoms with Crippen molar-refractivity contribution < 1.29 is 17.9 Å². The maximum absolute atomic E-state index is 13.1. The van der Waals surface area contributed by atoms with E-state index in [1.54, 1.807) is 11.3 Å². The number of sulfonamides is 1. The highest BCUT2D eigenvalue weighted by atomic mass is 32.2. The number of anilines is 1. The quantitative estimate of drug-likeness (QED) is 0.410. The number of para-hydroxylation sites is 1. The summed E-state index contributed by atoms with van der Waals surface area (Å²) in [6, 6.07) is 21.5. The van der Waals surface area contributed by atoms with Crippen molar-refractivity contribution in [2.75, 3.05) is 18.4 Å². The van der Waals surface area contributed by atoms with Gasteiger partial charge in [-0.3, -0.25) is 4.79 Å². The Balaban J connectivity index is 1.31. The van der Waals surface area contributed by atoms with Gasteiger partial charge >= 0.3 is 0 Å². The lowest BCUT2D eigenvalue weighted by Crippen LogP contribution is -2.48. The maximum Gasteiger partial charge on any atom is 0.255 e. The monoisotopic (exact) mass is 507 g/mol. The molecule has 5 rings (SSSR count). The molecule has 0 bridgehead atoms. The molecule has 2 heterocycles. The molecule has 0 spiro atoms. The number of nitrogens with zero attached hydrogens (tertiary/aromatic N) is 2. The molecule has 1 aromatic heterocycles. The Kier molecular flexibility index (Phi) is 6.41. The van der Waals surface area contributed by atoms with E-state index in [-0.39, 0.29) is 23.0 Å². The molecule has 9 heteroatoms. The second kappa shape index (κ2) is 9.50. The van der Waals surface area contributed by atoms with Crippen molar-refractivity contribution in [3.8, 4) is 10.6 Å². The van der Waals surface area contributed by atoms with Crippen LogP contribution in [0.3, 0.4) is 0 Å². The first-order valence-corrected chi connectivity index (χ1v) is 13.6. The summed E-state index contributed by atoms with van der Waals surface area (Å²) in [5, 5.41) is 3.78. The number of aromatic nitrogens is 1. The summed E-state index contributed by atoms with van der Waals surface area (Å²) in [5.41, 5.74) is 2.87. The van der Waals surface area contributed by atoms with Crippen LogP contribution in [0.2, 0.25) is 0 Å².